The molecule has 2 rings (SSSR count). The van der Waals surface area contributed by atoms with Crippen LogP contribution in [0, 0.1) is 5.82 Å². The third-order valence-corrected chi connectivity index (χ3v) is 2.59. The van der Waals surface area contributed by atoms with E-state index >= 15 is 0 Å². The Kier molecular flexibility index (Phi) is 3.12. The Labute approximate surface area is 93.2 Å². The van der Waals surface area contributed by atoms with Crippen molar-refractivity contribution in [3.05, 3.63) is 28.5 Å². The Morgan fingerprint density at radius 2 is 2.20 bits per heavy atom. The average molecular weight is 230 g/mol. The van der Waals surface area contributed by atoms with Crippen molar-refractivity contribution in [1.29, 1.82) is 0 Å². The SMILES string of the molecule is NCCc1cc(F)cc(Cl)c1OC1CC1. The third-order valence-electron chi connectivity index (χ3n) is 2.31. The van der Waals surface area contributed by atoms with E-state index in [4.69, 9.17) is 22.1 Å². The third kappa shape index (κ3) is 2.61. The minimum Gasteiger partial charge on any atom is -0.489 e. The van der Waals surface area contributed by atoms with Gasteiger partial charge in [0.2, 0.25) is 0 Å². The molecule has 0 heterocycles. The fourth-order valence-electron chi connectivity index (χ4n) is 1.44. The number of halogens is 2. The predicted octanol–water partition coefficient (Wildman–Crippen LogP) is 2.52. The first-order valence-electron chi connectivity index (χ1n) is 5.05. The predicted molar refractivity (Wildman–Crippen MR) is 57.8 cm³/mol. The summed E-state index contributed by atoms with van der Waals surface area (Å²) in [6.07, 6.45) is 2.94. The Bertz CT molecular complexity index is 366. The number of ether oxygens (including phenoxy) is 1. The molecule has 1 saturated carbocycles. The minimum absolute atomic E-state index is 0.254. The molecule has 0 atom stereocenters. The van der Waals surface area contributed by atoms with Crippen molar-refractivity contribution in [1.82, 2.24) is 0 Å². The van der Waals surface area contributed by atoms with Gasteiger partial charge in [0.05, 0.1) is 11.1 Å². The number of rotatable bonds is 4. The van der Waals surface area contributed by atoms with Gasteiger partial charge in [-0.25, -0.2) is 4.39 Å². The quantitative estimate of drug-likeness (QED) is 0.861. The Hall–Kier alpha value is -0.800. The molecule has 0 aromatic heterocycles. The Morgan fingerprint density at radius 3 is 2.80 bits per heavy atom. The fraction of sp³-hybridized carbons (Fsp3) is 0.455. The zero-order valence-corrected chi connectivity index (χ0v) is 9.06. The zero-order chi connectivity index (χ0) is 10.8. The molecule has 1 aliphatic carbocycles. The first-order chi connectivity index (χ1) is 7.20. The summed E-state index contributed by atoms with van der Waals surface area (Å²) in [4.78, 5) is 0. The molecule has 2 nitrogen and oxygen atoms in total. The summed E-state index contributed by atoms with van der Waals surface area (Å²) in [7, 11) is 0. The minimum atomic E-state index is -0.341. The number of nitrogens with two attached hydrogens (primary N) is 1. The highest BCUT2D eigenvalue weighted by molar-refractivity contribution is 6.32. The molecule has 4 heteroatoms. The molecule has 2 N–H and O–H groups in total. The number of benzene rings is 1. The van der Waals surface area contributed by atoms with Gasteiger partial charge in [-0.1, -0.05) is 11.6 Å². The van der Waals surface area contributed by atoms with Crippen LogP contribution >= 0.6 is 11.6 Å². The van der Waals surface area contributed by atoms with E-state index in [0.717, 1.165) is 18.4 Å². The summed E-state index contributed by atoms with van der Waals surface area (Å²) in [6.45, 7) is 0.459. The van der Waals surface area contributed by atoms with Crippen LogP contribution in [0.15, 0.2) is 12.1 Å². The molecule has 1 aromatic carbocycles. The summed E-state index contributed by atoms with van der Waals surface area (Å²) >= 11 is 5.94. The second-order valence-corrected chi connectivity index (χ2v) is 4.14. The zero-order valence-electron chi connectivity index (χ0n) is 8.30. The van der Waals surface area contributed by atoms with E-state index in [0.29, 0.717) is 23.7 Å². The smallest absolute Gasteiger partial charge is 0.141 e. The van der Waals surface area contributed by atoms with E-state index < -0.39 is 0 Å². The average Bonchev–Trinajstić information content (AvgIpc) is 2.95. The van der Waals surface area contributed by atoms with Crippen LogP contribution in [0.2, 0.25) is 5.02 Å². The van der Waals surface area contributed by atoms with E-state index in [1.807, 2.05) is 0 Å². The van der Waals surface area contributed by atoms with Crippen molar-refractivity contribution in [3.63, 3.8) is 0 Å². The maximum absolute atomic E-state index is 13.1. The van der Waals surface area contributed by atoms with Gasteiger partial charge in [-0.3, -0.25) is 0 Å². The van der Waals surface area contributed by atoms with Gasteiger partial charge in [-0.05, 0) is 43.5 Å². The molecule has 0 unspecified atom stereocenters. The molecular formula is C11H13ClFNO. The van der Waals surface area contributed by atoms with Crippen molar-refractivity contribution in [2.24, 2.45) is 5.73 Å². The van der Waals surface area contributed by atoms with E-state index in [-0.39, 0.29) is 11.9 Å². The number of hydrogen-bond donors (Lipinski definition) is 1. The van der Waals surface area contributed by atoms with Crippen molar-refractivity contribution >= 4 is 11.6 Å². The van der Waals surface area contributed by atoms with Crippen molar-refractivity contribution in [2.45, 2.75) is 25.4 Å². The van der Waals surface area contributed by atoms with Gasteiger partial charge in [0.1, 0.15) is 11.6 Å². The largest absolute Gasteiger partial charge is 0.489 e. The molecule has 1 fully saturated rings. The lowest BCUT2D eigenvalue weighted by Gasteiger charge is -2.12. The monoisotopic (exact) mass is 229 g/mol. The summed E-state index contributed by atoms with van der Waals surface area (Å²) in [5.74, 6) is 0.262. The summed E-state index contributed by atoms with van der Waals surface area (Å²) in [6, 6.07) is 2.72. The van der Waals surface area contributed by atoms with Crippen molar-refractivity contribution < 1.29 is 9.13 Å². The molecule has 1 aromatic rings. The van der Waals surface area contributed by atoms with Gasteiger partial charge < -0.3 is 10.5 Å². The Balaban J connectivity index is 2.29. The highest BCUT2D eigenvalue weighted by Gasteiger charge is 2.25. The van der Waals surface area contributed by atoms with Crippen LogP contribution in [0.25, 0.3) is 0 Å². The maximum atomic E-state index is 13.1. The Morgan fingerprint density at radius 1 is 1.47 bits per heavy atom. The highest BCUT2D eigenvalue weighted by atomic mass is 35.5. The molecule has 15 heavy (non-hydrogen) atoms. The van der Waals surface area contributed by atoms with Gasteiger partial charge in [-0.15, -0.1) is 0 Å². The van der Waals surface area contributed by atoms with Crippen molar-refractivity contribution in [3.8, 4) is 5.75 Å². The number of hydrogen-bond acceptors (Lipinski definition) is 2. The second-order valence-electron chi connectivity index (χ2n) is 3.73. The van der Waals surface area contributed by atoms with Crippen molar-refractivity contribution in [2.75, 3.05) is 6.54 Å². The molecule has 1 aliphatic rings. The highest BCUT2D eigenvalue weighted by Crippen LogP contribution is 2.35. The molecule has 0 amide bonds. The molecule has 0 aliphatic heterocycles. The molecule has 0 saturated heterocycles. The van der Waals surface area contributed by atoms with Crippen LogP contribution in [0.3, 0.4) is 0 Å². The summed E-state index contributed by atoms with van der Waals surface area (Å²) < 4.78 is 18.7. The van der Waals surface area contributed by atoms with Crippen LogP contribution in [0.1, 0.15) is 18.4 Å². The van der Waals surface area contributed by atoms with E-state index in [1.165, 1.54) is 12.1 Å². The topological polar surface area (TPSA) is 35.2 Å². The first kappa shape index (κ1) is 10.7. The van der Waals surface area contributed by atoms with E-state index in [9.17, 15) is 4.39 Å². The van der Waals surface area contributed by atoms with Gasteiger partial charge in [0.15, 0.2) is 0 Å². The molecule has 82 valence electrons. The van der Waals surface area contributed by atoms with E-state index in [2.05, 4.69) is 0 Å². The summed E-state index contributed by atoms with van der Waals surface area (Å²) in [5, 5.41) is 0.338. The lowest BCUT2D eigenvalue weighted by Crippen LogP contribution is -2.07. The first-order valence-corrected chi connectivity index (χ1v) is 5.43. The fourth-order valence-corrected chi connectivity index (χ4v) is 1.71. The lowest BCUT2D eigenvalue weighted by molar-refractivity contribution is 0.299. The van der Waals surface area contributed by atoms with E-state index in [1.54, 1.807) is 0 Å². The van der Waals surface area contributed by atoms with Crippen LogP contribution in [-0.4, -0.2) is 12.6 Å². The van der Waals surface area contributed by atoms with Crippen LogP contribution in [0.5, 0.6) is 5.75 Å². The van der Waals surface area contributed by atoms with Gasteiger partial charge >= 0.3 is 0 Å². The standard InChI is InChI=1S/C11H13ClFNO/c12-10-6-8(13)5-7(3-4-14)11(10)15-9-1-2-9/h5-6,9H,1-4,14H2. The second kappa shape index (κ2) is 4.37. The van der Waals surface area contributed by atoms with Gasteiger partial charge in [0.25, 0.3) is 0 Å². The van der Waals surface area contributed by atoms with Crippen LogP contribution in [-0.2, 0) is 6.42 Å². The van der Waals surface area contributed by atoms with Gasteiger partial charge in [-0.2, -0.15) is 0 Å². The normalized spacial score (nSPS) is 15.4. The van der Waals surface area contributed by atoms with Crippen LogP contribution in [0.4, 0.5) is 4.39 Å². The van der Waals surface area contributed by atoms with Crippen LogP contribution < -0.4 is 10.5 Å². The lowest BCUT2D eigenvalue weighted by atomic mass is 10.1. The maximum Gasteiger partial charge on any atom is 0.141 e. The summed E-state index contributed by atoms with van der Waals surface area (Å²) in [5.41, 5.74) is 6.21. The molecular weight excluding hydrogens is 217 g/mol. The molecule has 0 spiro atoms. The molecule has 0 bridgehead atoms. The molecule has 0 radical (unpaired) electrons. The van der Waals surface area contributed by atoms with Gasteiger partial charge in [0, 0.05) is 0 Å².